The molecular weight excluding hydrogens is 380 g/mol. The Morgan fingerprint density at radius 2 is 1.96 bits per heavy atom. The second-order valence-corrected chi connectivity index (χ2v) is 10.6. The van der Waals surface area contributed by atoms with Gasteiger partial charge < -0.3 is 5.73 Å². The van der Waals surface area contributed by atoms with E-state index in [1.165, 1.54) is 17.7 Å². The summed E-state index contributed by atoms with van der Waals surface area (Å²) < 4.78 is 25.0. The van der Waals surface area contributed by atoms with Crippen LogP contribution in [0.3, 0.4) is 0 Å². The summed E-state index contributed by atoms with van der Waals surface area (Å²) >= 11 is 7.85. The fourth-order valence-electron chi connectivity index (χ4n) is 3.55. The number of nitrogens with zero attached hydrogens (tertiary/aromatic N) is 3. The minimum atomic E-state index is -3.40. The van der Waals surface area contributed by atoms with Crippen molar-refractivity contribution in [1.82, 2.24) is 9.97 Å². The van der Waals surface area contributed by atoms with E-state index < -0.39 is 20.1 Å². The first-order valence-electron chi connectivity index (χ1n) is 7.91. The SMILES string of the molecule is C[C@@]1(c2sc(-c3cncnc3)cc2Cl)CS(=O)(=O)C2(CCC2)C(N)=N1. The maximum absolute atomic E-state index is 13.0. The van der Waals surface area contributed by atoms with Crippen molar-refractivity contribution < 1.29 is 8.42 Å². The predicted octanol–water partition coefficient (Wildman–Crippen LogP) is 2.78. The molecule has 4 rings (SSSR count). The largest absolute Gasteiger partial charge is 0.386 e. The summed E-state index contributed by atoms with van der Waals surface area (Å²) in [5, 5.41) is 0.489. The van der Waals surface area contributed by atoms with Gasteiger partial charge in [0.2, 0.25) is 0 Å². The third-order valence-electron chi connectivity index (χ3n) is 5.08. The van der Waals surface area contributed by atoms with Gasteiger partial charge in [-0.05, 0) is 32.3 Å². The number of aliphatic imine (C=N–C) groups is 1. The van der Waals surface area contributed by atoms with Crippen LogP contribution in [0.25, 0.3) is 10.4 Å². The number of rotatable bonds is 2. The van der Waals surface area contributed by atoms with E-state index in [2.05, 4.69) is 15.0 Å². The molecule has 1 fully saturated rings. The van der Waals surface area contributed by atoms with E-state index in [9.17, 15) is 8.42 Å². The lowest BCUT2D eigenvalue weighted by molar-refractivity contribution is 0.393. The summed E-state index contributed by atoms with van der Waals surface area (Å²) in [5.41, 5.74) is 6.00. The summed E-state index contributed by atoms with van der Waals surface area (Å²) in [7, 11) is -3.40. The van der Waals surface area contributed by atoms with Crippen molar-refractivity contribution in [2.75, 3.05) is 5.75 Å². The number of amidine groups is 1. The topological polar surface area (TPSA) is 98.3 Å². The van der Waals surface area contributed by atoms with Gasteiger partial charge in [0.15, 0.2) is 9.84 Å². The Labute approximate surface area is 155 Å². The molecule has 9 heteroatoms. The zero-order chi connectivity index (χ0) is 17.9. The van der Waals surface area contributed by atoms with Crippen molar-refractivity contribution in [3.8, 4) is 10.4 Å². The second-order valence-electron chi connectivity index (χ2n) is 6.79. The number of thiophene rings is 1. The molecule has 1 atom stereocenters. The van der Waals surface area contributed by atoms with Crippen molar-refractivity contribution in [1.29, 1.82) is 0 Å². The van der Waals surface area contributed by atoms with E-state index in [1.807, 2.05) is 0 Å². The standard InChI is InChI=1S/C16H17ClN4O2S2/c1-15(8-25(22,23)16(3-2-4-16)14(18)21-15)13-11(17)5-12(24-13)10-6-19-9-20-7-10/h5-7,9H,2-4,8H2,1H3,(H2,18,21)/t15-/m0/s1. The van der Waals surface area contributed by atoms with Crippen LogP contribution >= 0.6 is 22.9 Å². The molecule has 0 saturated heterocycles. The van der Waals surface area contributed by atoms with Gasteiger partial charge in [-0.3, -0.25) is 4.99 Å². The number of hydrogen-bond acceptors (Lipinski definition) is 7. The molecule has 25 heavy (non-hydrogen) atoms. The van der Waals surface area contributed by atoms with Crippen molar-refractivity contribution in [3.05, 3.63) is 34.7 Å². The molecule has 6 nitrogen and oxygen atoms in total. The van der Waals surface area contributed by atoms with Crippen molar-refractivity contribution >= 4 is 38.6 Å². The maximum atomic E-state index is 13.0. The molecular formula is C16H17ClN4O2S2. The lowest BCUT2D eigenvalue weighted by Crippen LogP contribution is -2.61. The maximum Gasteiger partial charge on any atom is 0.165 e. The Bertz CT molecular complexity index is 967. The van der Waals surface area contributed by atoms with E-state index in [0.717, 1.165) is 16.9 Å². The molecule has 2 aromatic rings. The first-order valence-corrected chi connectivity index (χ1v) is 10.8. The molecule has 0 aromatic carbocycles. The van der Waals surface area contributed by atoms with Crippen LogP contribution in [-0.4, -0.2) is 34.7 Å². The molecule has 2 aromatic heterocycles. The zero-order valence-corrected chi connectivity index (χ0v) is 16.0. The van der Waals surface area contributed by atoms with Gasteiger partial charge in [0.1, 0.15) is 22.4 Å². The van der Waals surface area contributed by atoms with E-state index in [0.29, 0.717) is 22.7 Å². The van der Waals surface area contributed by atoms with Crippen molar-refractivity contribution in [2.24, 2.45) is 10.7 Å². The molecule has 1 aliphatic heterocycles. The molecule has 0 radical (unpaired) electrons. The van der Waals surface area contributed by atoms with Crippen LogP contribution in [0.2, 0.25) is 5.02 Å². The van der Waals surface area contributed by atoms with Crippen LogP contribution in [-0.2, 0) is 15.4 Å². The highest BCUT2D eigenvalue weighted by Gasteiger charge is 2.58. The minimum absolute atomic E-state index is 0.0777. The number of halogens is 1. The molecule has 0 amide bonds. The lowest BCUT2D eigenvalue weighted by Gasteiger charge is -2.46. The van der Waals surface area contributed by atoms with Gasteiger partial charge in [-0.25, -0.2) is 18.4 Å². The number of nitrogens with two attached hydrogens (primary N) is 1. The van der Waals surface area contributed by atoms with Gasteiger partial charge in [0.05, 0.1) is 15.7 Å². The normalized spacial score (nSPS) is 26.9. The van der Waals surface area contributed by atoms with Gasteiger partial charge in [0, 0.05) is 22.8 Å². The highest BCUT2D eigenvalue weighted by atomic mass is 35.5. The minimum Gasteiger partial charge on any atom is -0.386 e. The predicted molar refractivity (Wildman–Crippen MR) is 99.7 cm³/mol. The van der Waals surface area contributed by atoms with Gasteiger partial charge in [-0.2, -0.15) is 0 Å². The van der Waals surface area contributed by atoms with E-state index in [-0.39, 0.29) is 11.6 Å². The third-order valence-corrected chi connectivity index (χ3v) is 9.68. The molecule has 1 spiro atoms. The van der Waals surface area contributed by atoms with Crippen molar-refractivity contribution in [3.63, 3.8) is 0 Å². The Morgan fingerprint density at radius 3 is 2.52 bits per heavy atom. The summed E-state index contributed by atoms with van der Waals surface area (Å²) in [6.45, 7) is 1.78. The first kappa shape index (κ1) is 16.9. The molecule has 0 unspecified atom stereocenters. The number of sulfone groups is 1. The fraction of sp³-hybridized carbons (Fsp3) is 0.438. The van der Waals surface area contributed by atoms with Crippen molar-refractivity contribution in [2.45, 2.75) is 36.5 Å². The molecule has 2 aliphatic rings. The van der Waals surface area contributed by atoms with Crippen LogP contribution in [0.5, 0.6) is 0 Å². The third kappa shape index (κ3) is 2.42. The summed E-state index contributed by atoms with van der Waals surface area (Å²) in [6, 6.07) is 1.80. The van der Waals surface area contributed by atoms with Crippen LogP contribution in [0.15, 0.2) is 29.8 Å². The summed E-state index contributed by atoms with van der Waals surface area (Å²) in [5.74, 6) is 0.146. The molecule has 2 N–H and O–H groups in total. The van der Waals surface area contributed by atoms with Gasteiger partial charge in [-0.1, -0.05) is 11.6 Å². The summed E-state index contributed by atoms with van der Waals surface area (Å²) in [4.78, 5) is 14.2. The van der Waals surface area contributed by atoms with Gasteiger partial charge in [-0.15, -0.1) is 11.3 Å². The monoisotopic (exact) mass is 396 g/mol. The van der Waals surface area contributed by atoms with E-state index in [1.54, 1.807) is 25.4 Å². The average molecular weight is 397 g/mol. The summed E-state index contributed by atoms with van der Waals surface area (Å²) in [6.07, 6.45) is 6.83. The molecule has 1 aliphatic carbocycles. The Kier molecular flexibility index (Phi) is 3.72. The fourth-order valence-corrected chi connectivity index (χ4v) is 7.75. The van der Waals surface area contributed by atoms with Crippen LogP contribution in [0.1, 0.15) is 31.1 Å². The van der Waals surface area contributed by atoms with Gasteiger partial charge in [0.25, 0.3) is 0 Å². The highest BCUT2D eigenvalue weighted by molar-refractivity contribution is 7.93. The Hall–Kier alpha value is -1.51. The Morgan fingerprint density at radius 1 is 1.28 bits per heavy atom. The average Bonchev–Trinajstić information content (AvgIpc) is 2.87. The molecule has 132 valence electrons. The van der Waals surface area contributed by atoms with Crippen LogP contribution in [0.4, 0.5) is 0 Å². The zero-order valence-electron chi connectivity index (χ0n) is 13.6. The molecule has 0 bridgehead atoms. The van der Waals surface area contributed by atoms with Crippen LogP contribution in [0, 0.1) is 0 Å². The van der Waals surface area contributed by atoms with E-state index in [4.69, 9.17) is 17.3 Å². The van der Waals surface area contributed by atoms with Gasteiger partial charge >= 0.3 is 0 Å². The number of aromatic nitrogens is 2. The van der Waals surface area contributed by atoms with E-state index >= 15 is 0 Å². The first-order chi connectivity index (χ1) is 11.8. The quantitative estimate of drug-likeness (QED) is 0.841. The molecule has 1 saturated carbocycles. The molecule has 3 heterocycles. The smallest absolute Gasteiger partial charge is 0.165 e. The number of hydrogen-bond donors (Lipinski definition) is 1. The van der Waals surface area contributed by atoms with Crippen LogP contribution < -0.4 is 5.73 Å². The Balaban J connectivity index is 1.81. The second kappa shape index (κ2) is 5.49. The highest BCUT2D eigenvalue weighted by Crippen LogP contribution is 2.50. The lowest BCUT2D eigenvalue weighted by atomic mass is 9.82.